The van der Waals surface area contributed by atoms with E-state index in [1.54, 1.807) is 56.9 Å². The van der Waals surface area contributed by atoms with Gasteiger partial charge >= 0.3 is 0 Å². The minimum atomic E-state index is 0.471. The molecule has 0 N–H and O–H groups in total. The van der Waals surface area contributed by atoms with E-state index in [4.69, 9.17) is 47.4 Å². The Morgan fingerprint density at radius 3 is 0.593 bits per heavy atom. The third kappa shape index (κ3) is 9.76. The monoisotopic (exact) mass is 934 g/mol. The van der Waals surface area contributed by atoms with E-state index in [0.29, 0.717) is 102 Å². The summed E-state index contributed by atoms with van der Waals surface area (Å²) in [5.41, 5.74) is 9.30. The molecule has 0 fully saturated rings. The van der Waals surface area contributed by atoms with Crippen molar-refractivity contribution in [3.8, 4) is 57.5 Å². The molecule has 10 aliphatic carbocycles. The van der Waals surface area contributed by atoms with Crippen LogP contribution in [0, 0.1) is 0 Å². The van der Waals surface area contributed by atoms with Gasteiger partial charge in [0.15, 0.2) is 0 Å². The zero-order chi connectivity index (χ0) is 42.1. The van der Waals surface area contributed by atoms with Crippen molar-refractivity contribution < 1.29 is 47.4 Å². The summed E-state index contributed by atoms with van der Waals surface area (Å²) in [4.78, 5) is 0. The van der Waals surface area contributed by atoms with Gasteiger partial charge in [0.05, 0.1) is 70.1 Å². The predicted octanol–water partition coefficient (Wildman–Crippen LogP) is 9.57. The van der Waals surface area contributed by atoms with Crippen LogP contribution in [0.3, 0.4) is 0 Å². The summed E-state index contributed by atoms with van der Waals surface area (Å²) >= 11 is 7.10. The van der Waals surface area contributed by atoms with Gasteiger partial charge in [-0.3, -0.25) is 0 Å². The Bertz CT molecular complexity index is 2100. The fraction of sp³-hybridized carbons (Fsp3) is 0.362. The molecule has 0 heterocycles. The molecular formula is C47H52Br2O10. The molecule has 10 aliphatic rings. The topological polar surface area (TPSA) is 92.3 Å². The maximum atomic E-state index is 6.43. The van der Waals surface area contributed by atoms with Crippen LogP contribution in [0.15, 0.2) is 60.7 Å². The molecule has 0 saturated carbocycles. The van der Waals surface area contributed by atoms with Crippen LogP contribution in [0.25, 0.3) is 0 Å². The van der Waals surface area contributed by atoms with Gasteiger partial charge in [0.2, 0.25) is 0 Å². The Morgan fingerprint density at radius 1 is 0.288 bits per heavy atom. The first-order valence-corrected chi connectivity index (χ1v) is 21.5. The number of alkyl halides is 2. The van der Waals surface area contributed by atoms with E-state index in [-0.39, 0.29) is 0 Å². The molecule has 0 aromatic heterocycles. The fourth-order valence-corrected chi connectivity index (χ4v) is 8.04. The third-order valence-electron chi connectivity index (χ3n) is 10.6. The molecule has 0 unspecified atom stereocenters. The lowest BCUT2D eigenvalue weighted by Crippen LogP contribution is -2.08. The summed E-state index contributed by atoms with van der Waals surface area (Å²) in [5, 5.41) is 1.33. The van der Waals surface area contributed by atoms with Gasteiger partial charge in [-0.15, -0.1) is 0 Å². The predicted molar refractivity (Wildman–Crippen MR) is 237 cm³/mol. The van der Waals surface area contributed by atoms with Gasteiger partial charge in [0.25, 0.3) is 0 Å². The number of methoxy groups -OCH3 is 8. The van der Waals surface area contributed by atoms with E-state index in [9.17, 15) is 0 Å². The van der Waals surface area contributed by atoms with E-state index < -0.39 is 0 Å². The van der Waals surface area contributed by atoms with Crippen LogP contribution in [0.1, 0.15) is 55.6 Å². The van der Waals surface area contributed by atoms with Crippen molar-refractivity contribution in [3.63, 3.8) is 0 Å². The molecule has 0 aliphatic heterocycles. The van der Waals surface area contributed by atoms with Gasteiger partial charge in [0.1, 0.15) is 57.5 Å². The molecule has 10 bridgehead atoms. The van der Waals surface area contributed by atoms with E-state index >= 15 is 0 Å². The van der Waals surface area contributed by atoms with Crippen molar-refractivity contribution in [2.75, 3.05) is 80.8 Å². The van der Waals surface area contributed by atoms with Gasteiger partial charge < -0.3 is 47.4 Å². The zero-order valence-corrected chi connectivity index (χ0v) is 38.1. The molecule has 15 rings (SSSR count). The minimum Gasteiger partial charge on any atom is -0.496 e. The van der Waals surface area contributed by atoms with Crippen LogP contribution >= 0.6 is 31.9 Å². The normalized spacial score (nSPS) is 12.2. The SMILES string of the molecule is COc1cc2c(OC)cc1Cc1cc(OC)c(cc1OC)Cc1cc(OC)c(cc1OC)Cc1cc(OCCBr)c(cc1OCCBr)Cc1cc(OC)c(cc1OC)C2. The summed E-state index contributed by atoms with van der Waals surface area (Å²) in [6.45, 7) is 0.942. The first-order valence-electron chi connectivity index (χ1n) is 19.2. The zero-order valence-electron chi connectivity index (χ0n) is 35.0. The average molecular weight is 937 g/mol. The van der Waals surface area contributed by atoms with Crippen molar-refractivity contribution in [1.82, 2.24) is 0 Å². The van der Waals surface area contributed by atoms with Gasteiger partial charge in [0, 0.05) is 98.4 Å². The molecule has 0 amide bonds. The molecular weight excluding hydrogens is 884 g/mol. The minimum absolute atomic E-state index is 0.471. The van der Waals surface area contributed by atoms with Crippen LogP contribution in [0.5, 0.6) is 57.5 Å². The van der Waals surface area contributed by atoms with Crippen molar-refractivity contribution in [2.45, 2.75) is 32.1 Å². The van der Waals surface area contributed by atoms with Crippen molar-refractivity contribution in [2.24, 2.45) is 0 Å². The van der Waals surface area contributed by atoms with Gasteiger partial charge in [-0.05, 0) is 60.7 Å². The Labute approximate surface area is 364 Å². The van der Waals surface area contributed by atoms with E-state index in [2.05, 4.69) is 44.0 Å². The number of rotatable bonds is 14. The summed E-state index contributed by atoms with van der Waals surface area (Å²) in [5.74, 6) is 7.21. The summed E-state index contributed by atoms with van der Waals surface area (Å²) in [6.07, 6.45) is 2.48. The molecule has 5 aromatic carbocycles. The van der Waals surface area contributed by atoms with E-state index in [1.165, 1.54) is 0 Å². The van der Waals surface area contributed by atoms with Crippen molar-refractivity contribution in [3.05, 3.63) is 116 Å². The number of ether oxygens (including phenoxy) is 10. The van der Waals surface area contributed by atoms with Crippen LogP contribution < -0.4 is 47.4 Å². The number of benzene rings is 5. The number of halogens is 2. The van der Waals surface area contributed by atoms with Gasteiger partial charge in [-0.2, -0.15) is 0 Å². The second kappa shape index (κ2) is 20.4. The van der Waals surface area contributed by atoms with Gasteiger partial charge in [-0.1, -0.05) is 31.9 Å². The lowest BCUT2D eigenvalue weighted by Gasteiger charge is -2.21. The Morgan fingerprint density at radius 2 is 0.441 bits per heavy atom. The maximum absolute atomic E-state index is 6.43. The highest BCUT2D eigenvalue weighted by Gasteiger charge is 2.23. The quantitative estimate of drug-likeness (QED) is 0.0985. The van der Waals surface area contributed by atoms with Crippen LogP contribution in [-0.4, -0.2) is 80.8 Å². The van der Waals surface area contributed by atoms with Crippen LogP contribution in [0.4, 0.5) is 0 Å². The average Bonchev–Trinajstić information content (AvgIpc) is 3.26. The second-order valence-electron chi connectivity index (χ2n) is 13.9. The molecule has 12 heteroatoms. The molecule has 0 spiro atoms. The standard InChI is InChI=1S/C47H52Br2O10/c1-50-38-20-30-14-32-22-44(56-7)34(24-42(32)54-5)16-36-26-47(59-12-10-49)37(27-46(36)58-11-9-48)17-35-25-43(55-6)33(23-45(35)57-8)15-31-21-39(51-2)29(19-41(31)53-4)13-28(38)18-40(30)52-3/h18-27H,9-17H2,1-8H3. The lowest BCUT2D eigenvalue weighted by molar-refractivity contribution is 0.329. The molecule has 314 valence electrons. The summed E-state index contributed by atoms with van der Waals surface area (Å²) in [6, 6.07) is 20.4. The van der Waals surface area contributed by atoms with E-state index in [0.717, 1.165) is 67.1 Å². The molecule has 5 aromatic rings. The molecule has 0 radical (unpaired) electrons. The van der Waals surface area contributed by atoms with Crippen molar-refractivity contribution in [1.29, 1.82) is 0 Å². The third-order valence-corrected chi connectivity index (χ3v) is 11.2. The maximum Gasteiger partial charge on any atom is 0.123 e. The van der Waals surface area contributed by atoms with Gasteiger partial charge in [-0.25, -0.2) is 0 Å². The smallest absolute Gasteiger partial charge is 0.123 e. The Balaban J connectivity index is 1.62. The summed E-state index contributed by atoms with van der Waals surface area (Å²) < 4.78 is 61.1. The highest BCUT2D eigenvalue weighted by molar-refractivity contribution is 9.09. The summed E-state index contributed by atoms with van der Waals surface area (Å²) in [7, 11) is 13.4. The highest BCUT2D eigenvalue weighted by Crippen LogP contribution is 2.42. The first kappa shape index (κ1) is 43.6. The molecule has 0 saturated heterocycles. The van der Waals surface area contributed by atoms with E-state index in [1.807, 2.05) is 48.5 Å². The largest absolute Gasteiger partial charge is 0.496 e. The molecule has 59 heavy (non-hydrogen) atoms. The number of hydrogen-bond donors (Lipinski definition) is 0. The van der Waals surface area contributed by atoms with Crippen LogP contribution in [-0.2, 0) is 32.1 Å². The fourth-order valence-electron chi connectivity index (χ4n) is 7.71. The first-order chi connectivity index (χ1) is 28.7. The highest BCUT2D eigenvalue weighted by atomic mass is 79.9. The number of hydrogen-bond acceptors (Lipinski definition) is 10. The Kier molecular flexibility index (Phi) is 15.1. The lowest BCUT2D eigenvalue weighted by atomic mass is 9.94. The van der Waals surface area contributed by atoms with Crippen molar-refractivity contribution >= 4 is 31.9 Å². The molecule has 0 atom stereocenters. The Hall–Kier alpha value is -4.94. The van der Waals surface area contributed by atoms with Crippen LogP contribution in [0.2, 0.25) is 0 Å². The molecule has 10 nitrogen and oxygen atoms in total. The second-order valence-corrected chi connectivity index (χ2v) is 15.5.